The van der Waals surface area contributed by atoms with Crippen LogP contribution in [0.15, 0.2) is 42.5 Å². The molecule has 0 fully saturated rings. The molecule has 2 aromatic rings. The molecule has 100 valence electrons. The predicted molar refractivity (Wildman–Crippen MR) is 68.3 cm³/mol. The quantitative estimate of drug-likeness (QED) is 0.736. The topological polar surface area (TPSA) is 9.23 Å². The highest BCUT2D eigenvalue weighted by atomic mass is 35.5. The molecule has 0 unspecified atom stereocenters. The lowest BCUT2D eigenvalue weighted by Gasteiger charge is -2.12. The van der Waals surface area contributed by atoms with Crippen molar-refractivity contribution >= 4 is 11.6 Å². The summed E-state index contributed by atoms with van der Waals surface area (Å²) in [5.41, 5.74) is 2.55. The van der Waals surface area contributed by atoms with Gasteiger partial charge in [0.05, 0.1) is 5.02 Å². The molecule has 0 aliphatic heterocycles. The SMILES string of the molecule is Cc1ccccc1-c1ccc(OC(F)(F)F)cc1Cl. The van der Waals surface area contributed by atoms with Crippen molar-refractivity contribution in [3.8, 4) is 16.9 Å². The van der Waals surface area contributed by atoms with Crippen LogP contribution in [0.4, 0.5) is 13.2 Å². The van der Waals surface area contributed by atoms with E-state index in [1.807, 2.05) is 31.2 Å². The average Bonchev–Trinajstić information content (AvgIpc) is 2.28. The van der Waals surface area contributed by atoms with Crippen LogP contribution in [0.2, 0.25) is 5.02 Å². The summed E-state index contributed by atoms with van der Waals surface area (Å²) in [6.45, 7) is 1.91. The van der Waals surface area contributed by atoms with Gasteiger partial charge >= 0.3 is 6.36 Å². The van der Waals surface area contributed by atoms with Gasteiger partial charge in [0.15, 0.2) is 0 Å². The summed E-state index contributed by atoms with van der Waals surface area (Å²) in [6, 6.07) is 11.4. The summed E-state index contributed by atoms with van der Waals surface area (Å²) in [5.74, 6) is -0.324. The summed E-state index contributed by atoms with van der Waals surface area (Å²) >= 11 is 6.02. The van der Waals surface area contributed by atoms with Gasteiger partial charge in [-0.15, -0.1) is 13.2 Å². The van der Waals surface area contributed by atoms with E-state index >= 15 is 0 Å². The fourth-order valence-corrected chi connectivity index (χ4v) is 2.06. The van der Waals surface area contributed by atoms with Gasteiger partial charge in [-0.05, 0) is 36.2 Å². The van der Waals surface area contributed by atoms with Crippen molar-refractivity contribution in [1.82, 2.24) is 0 Å². The molecule has 0 atom stereocenters. The van der Waals surface area contributed by atoms with Crippen LogP contribution in [0, 0.1) is 6.92 Å². The Morgan fingerprint density at radius 1 is 1.00 bits per heavy atom. The molecule has 0 heterocycles. The molecule has 0 spiro atoms. The monoisotopic (exact) mass is 286 g/mol. The number of alkyl halides is 3. The minimum absolute atomic E-state index is 0.219. The molecule has 2 aromatic carbocycles. The molecule has 19 heavy (non-hydrogen) atoms. The molecular weight excluding hydrogens is 277 g/mol. The smallest absolute Gasteiger partial charge is 0.406 e. The minimum atomic E-state index is -4.71. The number of hydrogen-bond donors (Lipinski definition) is 0. The van der Waals surface area contributed by atoms with Gasteiger partial charge < -0.3 is 4.74 Å². The maximum absolute atomic E-state index is 12.1. The highest BCUT2D eigenvalue weighted by Crippen LogP contribution is 2.34. The fraction of sp³-hybridized carbons (Fsp3) is 0.143. The third-order valence-corrected chi connectivity index (χ3v) is 2.92. The second-order valence-corrected chi connectivity index (χ2v) is 4.41. The lowest BCUT2D eigenvalue weighted by molar-refractivity contribution is -0.274. The maximum Gasteiger partial charge on any atom is 0.573 e. The van der Waals surface area contributed by atoms with Gasteiger partial charge in [0.1, 0.15) is 5.75 Å². The van der Waals surface area contributed by atoms with Gasteiger partial charge in [0.2, 0.25) is 0 Å². The number of ether oxygens (including phenoxy) is 1. The molecule has 5 heteroatoms. The Kier molecular flexibility index (Phi) is 3.71. The van der Waals surface area contributed by atoms with Crippen molar-refractivity contribution in [3.05, 3.63) is 53.1 Å². The molecule has 0 amide bonds. The summed E-state index contributed by atoms with van der Waals surface area (Å²) in [5, 5.41) is 0.219. The van der Waals surface area contributed by atoms with Crippen LogP contribution in [0.25, 0.3) is 11.1 Å². The Labute approximate surface area is 113 Å². The average molecular weight is 287 g/mol. The molecule has 0 aliphatic rings. The Balaban J connectivity index is 2.38. The standard InChI is InChI=1S/C14H10ClF3O/c1-9-4-2-3-5-11(9)12-7-6-10(8-13(12)15)19-14(16,17)18/h2-8H,1H3. The van der Waals surface area contributed by atoms with Crippen LogP contribution >= 0.6 is 11.6 Å². The van der Waals surface area contributed by atoms with Crippen LogP contribution in [-0.2, 0) is 0 Å². The summed E-state index contributed by atoms with van der Waals surface area (Å²) < 4.78 is 40.1. The molecule has 0 aliphatic carbocycles. The van der Waals surface area contributed by atoms with Gasteiger partial charge in [0.25, 0.3) is 0 Å². The zero-order valence-electron chi connectivity index (χ0n) is 9.96. The molecule has 0 bridgehead atoms. The summed E-state index contributed by atoms with van der Waals surface area (Å²) in [4.78, 5) is 0. The minimum Gasteiger partial charge on any atom is -0.406 e. The first-order chi connectivity index (χ1) is 8.87. The number of aryl methyl sites for hydroxylation is 1. The first kappa shape index (κ1) is 13.7. The van der Waals surface area contributed by atoms with Crippen LogP contribution in [-0.4, -0.2) is 6.36 Å². The lowest BCUT2D eigenvalue weighted by Crippen LogP contribution is -2.17. The van der Waals surface area contributed by atoms with Crippen molar-refractivity contribution in [1.29, 1.82) is 0 Å². The van der Waals surface area contributed by atoms with Gasteiger partial charge in [-0.2, -0.15) is 0 Å². The first-order valence-electron chi connectivity index (χ1n) is 5.48. The zero-order chi connectivity index (χ0) is 14.0. The van der Waals surface area contributed by atoms with Crippen LogP contribution < -0.4 is 4.74 Å². The predicted octanol–water partition coefficient (Wildman–Crippen LogP) is 5.21. The van der Waals surface area contributed by atoms with E-state index in [0.717, 1.165) is 17.2 Å². The molecule has 0 radical (unpaired) electrons. The van der Waals surface area contributed by atoms with Crippen molar-refractivity contribution in [3.63, 3.8) is 0 Å². The van der Waals surface area contributed by atoms with E-state index in [2.05, 4.69) is 4.74 Å². The third-order valence-electron chi connectivity index (χ3n) is 2.61. The van der Waals surface area contributed by atoms with Crippen LogP contribution in [0.1, 0.15) is 5.56 Å². The largest absolute Gasteiger partial charge is 0.573 e. The molecule has 2 rings (SSSR count). The number of halogens is 4. The highest BCUT2D eigenvalue weighted by Gasteiger charge is 2.31. The maximum atomic E-state index is 12.1. The molecular formula is C14H10ClF3O. The van der Waals surface area contributed by atoms with E-state index in [1.165, 1.54) is 12.1 Å². The Morgan fingerprint density at radius 3 is 2.26 bits per heavy atom. The first-order valence-corrected chi connectivity index (χ1v) is 5.86. The van der Waals surface area contributed by atoms with E-state index in [9.17, 15) is 13.2 Å². The Morgan fingerprint density at radius 2 is 1.68 bits per heavy atom. The van der Waals surface area contributed by atoms with Gasteiger partial charge in [-0.1, -0.05) is 35.9 Å². The van der Waals surface area contributed by atoms with Crippen LogP contribution in [0.5, 0.6) is 5.75 Å². The summed E-state index contributed by atoms with van der Waals surface area (Å²) in [6.07, 6.45) is -4.71. The van der Waals surface area contributed by atoms with Crippen LogP contribution in [0.3, 0.4) is 0 Å². The van der Waals surface area contributed by atoms with E-state index in [4.69, 9.17) is 11.6 Å². The van der Waals surface area contributed by atoms with E-state index in [-0.39, 0.29) is 10.8 Å². The van der Waals surface area contributed by atoms with Gasteiger partial charge in [-0.3, -0.25) is 0 Å². The third kappa shape index (κ3) is 3.41. The number of hydrogen-bond acceptors (Lipinski definition) is 1. The highest BCUT2D eigenvalue weighted by molar-refractivity contribution is 6.33. The van der Waals surface area contributed by atoms with Crippen molar-refractivity contribution in [2.75, 3.05) is 0 Å². The Bertz CT molecular complexity index is 593. The zero-order valence-corrected chi connectivity index (χ0v) is 10.7. The van der Waals surface area contributed by atoms with Gasteiger partial charge in [0, 0.05) is 5.56 Å². The van der Waals surface area contributed by atoms with E-state index in [0.29, 0.717) is 5.56 Å². The second kappa shape index (κ2) is 5.13. The molecule has 0 saturated heterocycles. The lowest BCUT2D eigenvalue weighted by atomic mass is 10.0. The van der Waals surface area contributed by atoms with Crippen molar-refractivity contribution in [2.45, 2.75) is 13.3 Å². The second-order valence-electron chi connectivity index (χ2n) is 4.00. The van der Waals surface area contributed by atoms with Crippen molar-refractivity contribution < 1.29 is 17.9 Å². The number of rotatable bonds is 2. The molecule has 0 saturated carbocycles. The normalized spacial score (nSPS) is 11.4. The Hall–Kier alpha value is -1.68. The van der Waals surface area contributed by atoms with E-state index in [1.54, 1.807) is 0 Å². The molecule has 0 N–H and O–H groups in total. The van der Waals surface area contributed by atoms with Crippen molar-refractivity contribution in [2.24, 2.45) is 0 Å². The summed E-state index contributed by atoms with van der Waals surface area (Å²) in [7, 11) is 0. The van der Waals surface area contributed by atoms with E-state index < -0.39 is 6.36 Å². The number of benzene rings is 2. The molecule has 1 nitrogen and oxygen atoms in total. The van der Waals surface area contributed by atoms with Gasteiger partial charge in [-0.25, -0.2) is 0 Å². The fourth-order valence-electron chi connectivity index (χ4n) is 1.79. The molecule has 0 aromatic heterocycles.